The summed E-state index contributed by atoms with van der Waals surface area (Å²) in [4.78, 5) is 10.8. The van der Waals surface area contributed by atoms with Crippen LogP contribution in [0.4, 0.5) is 5.69 Å². The van der Waals surface area contributed by atoms with Crippen LogP contribution in [0.15, 0.2) is 24.3 Å². The van der Waals surface area contributed by atoms with Gasteiger partial charge in [0.2, 0.25) is 15.9 Å². The lowest BCUT2D eigenvalue weighted by molar-refractivity contribution is 0.100. The summed E-state index contributed by atoms with van der Waals surface area (Å²) < 4.78 is 25.6. The number of hydrogen-bond acceptors (Lipinski definition) is 3. The minimum absolute atomic E-state index is 0.0983. The Morgan fingerprint density at radius 1 is 1.29 bits per heavy atom. The van der Waals surface area contributed by atoms with Crippen LogP contribution in [0.3, 0.4) is 0 Å². The first-order valence-corrected chi connectivity index (χ1v) is 7.00. The lowest BCUT2D eigenvalue weighted by Crippen LogP contribution is -2.17. The largest absolute Gasteiger partial charge is 0.366 e. The van der Waals surface area contributed by atoms with Gasteiger partial charge in [0.05, 0.1) is 5.75 Å². The molecule has 3 N–H and O–H groups in total. The molecule has 0 bridgehead atoms. The van der Waals surface area contributed by atoms with Crippen molar-refractivity contribution in [2.75, 3.05) is 10.5 Å². The Morgan fingerprint density at radius 2 is 1.88 bits per heavy atom. The molecule has 0 aliphatic heterocycles. The minimum Gasteiger partial charge on any atom is -0.366 e. The fraction of sp³-hybridized carbons (Fsp3) is 0.364. The van der Waals surface area contributed by atoms with Crippen molar-refractivity contribution in [3.63, 3.8) is 0 Å². The van der Waals surface area contributed by atoms with E-state index in [1.165, 1.54) is 24.3 Å². The summed E-state index contributed by atoms with van der Waals surface area (Å²) in [5, 5.41) is 0. The molecule has 17 heavy (non-hydrogen) atoms. The number of anilines is 1. The van der Waals surface area contributed by atoms with Crippen LogP contribution in [-0.2, 0) is 10.0 Å². The van der Waals surface area contributed by atoms with E-state index >= 15 is 0 Å². The fourth-order valence-corrected chi connectivity index (χ4v) is 2.53. The number of unbranched alkanes of at least 4 members (excludes halogenated alkanes) is 1. The van der Waals surface area contributed by atoms with Gasteiger partial charge in [0.25, 0.3) is 0 Å². The van der Waals surface area contributed by atoms with Crippen LogP contribution in [0, 0.1) is 0 Å². The highest BCUT2D eigenvalue weighted by molar-refractivity contribution is 7.92. The molecule has 0 unspecified atom stereocenters. The second-order valence-electron chi connectivity index (χ2n) is 3.72. The number of primary amides is 1. The van der Waals surface area contributed by atoms with Crippen LogP contribution >= 0.6 is 0 Å². The van der Waals surface area contributed by atoms with Gasteiger partial charge in [0.15, 0.2) is 0 Å². The topological polar surface area (TPSA) is 89.3 Å². The van der Waals surface area contributed by atoms with Crippen molar-refractivity contribution in [3.05, 3.63) is 29.8 Å². The van der Waals surface area contributed by atoms with Gasteiger partial charge < -0.3 is 5.73 Å². The number of carbonyl (C=O) groups is 1. The normalized spacial score (nSPS) is 11.1. The van der Waals surface area contributed by atoms with Crippen LogP contribution in [0.25, 0.3) is 0 Å². The molecule has 1 amide bonds. The molecule has 1 aromatic carbocycles. The first-order chi connectivity index (χ1) is 7.94. The Morgan fingerprint density at radius 3 is 2.35 bits per heavy atom. The Balaban J connectivity index is 2.72. The first-order valence-electron chi connectivity index (χ1n) is 5.35. The molecule has 0 aromatic heterocycles. The number of sulfonamides is 1. The second-order valence-corrected chi connectivity index (χ2v) is 5.56. The Bertz CT molecular complexity index is 480. The smallest absolute Gasteiger partial charge is 0.248 e. The van der Waals surface area contributed by atoms with Crippen LogP contribution in [0.1, 0.15) is 30.1 Å². The summed E-state index contributed by atoms with van der Waals surface area (Å²) in [6.07, 6.45) is 1.44. The summed E-state index contributed by atoms with van der Waals surface area (Å²) in [5.74, 6) is -0.438. The first kappa shape index (κ1) is 13.5. The second kappa shape index (κ2) is 5.67. The van der Waals surface area contributed by atoms with Gasteiger partial charge in [0.1, 0.15) is 0 Å². The van der Waals surface area contributed by atoms with E-state index in [2.05, 4.69) is 4.72 Å². The van der Waals surface area contributed by atoms with E-state index in [1.54, 1.807) is 0 Å². The highest BCUT2D eigenvalue weighted by atomic mass is 32.2. The lowest BCUT2D eigenvalue weighted by Gasteiger charge is -2.07. The Labute approximate surface area is 101 Å². The van der Waals surface area contributed by atoms with Gasteiger partial charge >= 0.3 is 0 Å². The summed E-state index contributed by atoms with van der Waals surface area (Å²) in [5.41, 5.74) is 5.86. The monoisotopic (exact) mass is 256 g/mol. The summed E-state index contributed by atoms with van der Waals surface area (Å²) in [6.45, 7) is 1.93. The van der Waals surface area contributed by atoms with Crippen LogP contribution in [0.5, 0.6) is 0 Å². The molecular formula is C11H16N2O3S. The van der Waals surface area contributed by atoms with Crippen LogP contribution < -0.4 is 10.5 Å². The van der Waals surface area contributed by atoms with Gasteiger partial charge in [-0.3, -0.25) is 9.52 Å². The summed E-state index contributed by atoms with van der Waals surface area (Å²) in [7, 11) is -3.30. The molecule has 0 aliphatic carbocycles. The molecule has 0 radical (unpaired) electrons. The predicted octanol–water partition coefficient (Wildman–Crippen LogP) is 1.33. The molecule has 1 aromatic rings. The van der Waals surface area contributed by atoms with Crippen molar-refractivity contribution < 1.29 is 13.2 Å². The SMILES string of the molecule is CCCCS(=O)(=O)Nc1ccc(C(N)=O)cc1. The number of amides is 1. The molecule has 1 rings (SSSR count). The van der Waals surface area contributed by atoms with Gasteiger partial charge in [-0.05, 0) is 30.7 Å². The maximum atomic E-state index is 11.6. The Kier molecular flexibility index (Phi) is 4.51. The van der Waals surface area contributed by atoms with Crippen molar-refractivity contribution in [3.8, 4) is 0 Å². The van der Waals surface area contributed by atoms with E-state index in [0.717, 1.165) is 6.42 Å². The van der Waals surface area contributed by atoms with Gasteiger partial charge in [0, 0.05) is 11.3 Å². The van der Waals surface area contributed by atoms with Crippen molar-refractivity contribution in [1.29, 1.82) is 0 Å². The molecule has 0 atom stereocenters. The third-order valence-electron chi connectivity index (χ3n) is 2.21. The van der Waals surface area contributed by atoms with E-state index < -0.39 is 15.9 Å². The minimum atomic E-state index is -3.30. The molecule has 0 saturated carbocycles. The molecule has 0 spiro atoms. The van der Waals surface area contributed by atoms with Crippen molar-refractivity contribution >= 4 is 21.6 Å². The lowest BCUT2D eigenvalue weighted by atomic mass is 10.2. The fourth-order valence-electron chi connectivity index (χ4n) is 1.27. The van der Waals surface area contributed by atoms with Crippen LogP contribution in [-0.4, -0.2) is 20.1 Å². The number of carbonyl (C=O) groups excluding carboxylic acids is 1. The van der Waals surface area contributed by atoms with Crippen LogP contribution in [0.2, 0.25) is 0 Å². The average molecular weight is 256 g/mol. The highest BCUT2D eigenvalue weighted by Crippen LogP contribution is 2.11. The number of hydrogen-bond donors (Lipinski definition) is 2. The van der Waals surface area contributed by atoms with Crippen molar-refractivity contribution in [2.24, 2.45) is 5.73 Å². The zero-order valence-electron chi connectivity index (χ0n) is 9.64. The summed E-state index contributed by atoms with van der Waals surface area (Å²) in [6, 6.07) is 6.01. The standard InChI is InChI=1S/C11H16N2O3S/c1-2-3-8-17(15,16)13-10-6-4-9(5-7-10)11(12)14/h4-7,13H,2-3,8H2,1H3,(H2,12,14). The zero-order valence-corrected chi connectivity index (χ0v) is 10.5. The van der Waals surface area contributed by atoms with Crippen molar-refractivity contribution in [1.82, 2.24) is 0 Å². The van der Waals surface area contributed by atoms with E-state index in [0.29, 0.717) is 17.7 Å². The van der Waals surface area contributed by atoms with Gasteiger partial charge in [-0.15, -0.1) is 0 Å². The summed E-state index contributed by atoms with van der Waals surface area (Å²) >= 11 is 0. The van der Waals surface area contributed by atoms with E-state index in [-0.39, 0.29) is 5.75 Å². The number of nitrogens with one attached hydrogen (secondary N) is 1. The molecular weight excluding hydrogens is 240 g/mol. The third kappa shape index (κ3) is 4.44. The molecule has 5 nitrogen and oxygen atoms in total. The molecule has 0 saturated heterocycles. The average Bonchev–Trinajstić information content (AvgIpc) is 2.26. The van der Waals surface area contributed by atoms with E-state index in [1.807, 2.05) is 6.92 Å². The van der Waals surface area contributed by atoms with E-state index in [4.69, 9.17) is 5.73 Å². The Hall–Kier alpha value is -1.56. The van der Waals surface area contributed by atoms with Gasteiger partial charge in [-0.25, -0.2) is 8.42 Å². The van der Waals surface area contributed by atoms with Crippen molar-refractivity contribution in [2.45, 2.75) is 19.8 Å². The number of nitrogens with two attached hydrogens (primary N) is 1. The van der Waals surface area contributed by atoms with E-state index in [9.17, 15) is 13.2 Å². The number of rotatable bonds is 6. The highest BCUT2D eigenvalue weighted by Gasteiger charge is 2.09. The predicted molar refractivity (Wildman–Crippen MR) is 67.3 cm³/mol. The van der Waals surface area contributed by atoms with Gasteiger partial charge in [-0.1, -0.05) is 13.3 Å². The number of benzene rings is 1. The maximum absolute atomic E-state index is 11.6. The molecule has 6 heteroatoms. The maximum Gasteiger partial charge on any atom is 0.248 e. The zero-order chi connectivity index (χ0) is 12.9. The van der Waals surface area contributed by atoms with Gasteiger partial charge in [-0.2, -0.15) is 0 Å². The molecule has 0 aliphatic rings. The third-order valence-corrected chi connectivity index (χ3v) is 3.58. The molecule has 0 heterocycles. The molecule has 0 fully saturated rings. The molecule has 94 valence electrons. The quantitative estimate of drug-likeness (QED) is 0.804.